The molecular formula is C13H17Br2ClS. The van der Waals surface area contributed by atoms with Crippen LogP contribution in [0.2, 0.25) is 5.02 Å². The third kappa shape index (κ3) is 4.45. The Morgan fingerprint density at radius 1 is 1.18 bits per heavy atom. The minimum atomic E-state index is 0.173. The van der Waals surface area contributed by atoms with Crippen LogP contribution in [-0.2, 0) is 5.41 Å². The number of rotatable bonds is 7. The van der Waals surface area contributed by atoms with Crippen LogP contribution in [0.25, 0.3) is 0 Å². The van der Waals surface area contributed by atoms with E-state index in [0.717, 1.165) is 15.7 Å². The van der Waals surface area contributed by atoms with Crippen molar-refractivity contribution < 1.29 is 0 Å². The van der Waals surface area contributed by atoms with E-state index < -0.39 is 0 Å². The molecule has 4 heteroatoms. The zero-order chi connectivity index (χ0) is 12.7. The summed E-state index contributed by atoms with van der Waals surface area (Å²) in [5, 5.41) is 2.74. The largest absolute Gasteiger partial charge is 0.162 e. The van der Waals surface area contributed by atoms with Crippen molar-refractivity contribution in [1.29, 1.82) is 0 Å². The fraction of sp³-hybridized carbons (Fsp3) is 0.538. The molecule has 0 radical (unpaired) electrons. The van der Waals surface area contributed by atoms with Gasteiger partial charge >= 0.3 is 0 Å². The van der Waals surface area contributed by atoms with Crippen LogP contribution in [0.3, 0.4) is 0 Å². The normalized spacial score (nSPS) is 11.8. The van der Waals surface area contributed by atoms with E-state index in [2.05, 4.69) is 50.9 Å². The summed E-state index contributed by atoms with van der Waals surface area (Å²) >= 11 is 15.3. The van der Waals surface area contributed by atoms with Gasteiger partial charge < -0.3 is 0 Å². The summed E-state index contributed by atoms with van der Waals surface area (Å²) in [6.07, 6.45) is 1.17. The van der Waals surface area contributed by atoms with E-state index in [9.17, 15) is 0 Å². The number of halogens is 3. The Kier molecular flexibility index (Phi) is 7.55. The van der Waals surface area contributed by atoms with Gasteiger partial charge in [-0.1, -0.05) is 62.5 Å². The maximum atomic E-state index is 5.95. The van der Waals surface area contributed by atoms with E-state index >= 15 is 0 Å². The Balaban J connectivity index is 2.85. The topological polar surface area (TPSA) is 0 Å². The van der Waals surface area contributed by atoms with Crippen molar-refractivity contribution in [3.05, 3.63) is 34.9 Å². The molecule has 0 N–H and O–H groups in total. The second-order valence-electron chi connectivity index (χ2n) is 4.00. The lowest BCUT2D eigenvalue weighted by Crippen LogP contribution is -2.31. The molecule has 1 rings (SSSR count). The first kappa shape index (κ1) is 15.9. The molecule has 1 aromatic carbocycles. The smallest absolute Gasteiger partial charge is 0.0406 e. The van der Waals surface area contributed by atoms with E-state index in [0.29, 0.717) is 0 Å². The molecule has 0 unspecified atom stereocenters. The second-order valence-corrected chi connectivity index (χ2v) is 6.95. The number of hydrogen-bond acceptors (Lipinski definition) is 1. The fourth-order valence-electron chi connectivity index (χ4n) is 1.68. The van der Waals surface area contributed by atoms with Crippen molar-refractivity contribution in [3.63, 3.8) is 0 Å². The summed E-state index contributed by atoms with van der Waals surface area (Å²) in [7, 11) is 0. The fourth-order valence-corrected chi connectivity index (χ4v) is 4.77. The molecule has 17 heavy (non-hydrogen) atoms. The highest BCUT2D eigenvalue weighted by Crippen LogP contribution is 2.34. The highest BCUT2D eigenvalue weighted by Gasteiger charge is 2.29. The highest BCUT2D eigenvalue weighted by atomic mass is 79.9. The van der Waals surface area contributed by atoms with E-state index in [1.54, 1.807) is 0 Å². The van der Waals surface area contributed by atoms with Gasteiger partial charge in [-0.25, -0.2) is 0 Å². The minimum Gasteiger partial charge on any atom is -0.162 e. The molecule has 0 bridgehead atoms. The standard InChI is InChI=1S/C13H17Br2ClS/c1-2-17-8-7-13(9-14,10-15)11-3-5-12(16)6-4-11/h3-6H,2,7-10H2,1H3. The molecule has 0 saturated carbocycles. The SMILES string of the molecule is CCSCCC(CBr)(CBr)c1ccc(Cl)cc1. The third-order valence-corrected chi connectivity index (χ3v) is 6.20. The maximum absolute atomic E-state index is 5.95. The molecule has 0 fully saturated rings. The van der Waals surface area contributed by atoms with Gasteiger partial charge in [0.25, 0.3) is 0 Å². The molecule has 0 aliphatic heterocycles. The number of hydrogen-bond donors (Lipinski definition) is 0. The van der Waals surface area contributed by atoms with E-state index in [1.165, 1.54) is 23.5 Å². The Morgan fingerprint density at radius 3 is 2.24 bits per heavy atom. The van der Waals surface area contributed by atoms with Gasteiger partial charge in [0.15, 0.2) is 0 Å². The molecule has 0 saturated heterocycles. The lowest BCUT2D eigenvalue weighted by atomic mass is 9.82. The van der Waals surface area contributed by atoms with Gasteiger partial charge in [-0.05, 0) is 35.6 Å². The van der Waals surface area contributed by atoms with Gasteiger partial charge in [0.05, 0.1) is 0 Å². The monoisotopic (exact) mass is 398 g/mol. The summed E-state index contributed by atoms with van der Waals surface area (Å²) in [6, 6.07) is 8.23. The van der Waals surface area contributed by atoms with Gasteiger partial charge in [0.1, 0.15) is 0 Å². The lowest BCUT2D eigenvalue weighted by Gasteiger charge is -2.30. The van der Waals surface area contributed by atoms with Gasteiger partial charge in [-0.15, -0.1) is 0 Å². The average molecular weight is 401 g/mol. The Labute approximate surface area is 130 Å². The van der Waals surface area contributed by atoms with Crippen LogP contribution in [0.4, 0.5) is 0 Å². The molecule has 1 aromatic rings. The van der Waals surface area contributed by atoms with Crippen molar-refractivity contribution in [2.75, 3.05) is 22.2 Å². The first-order chi connectivity index (χ1) is 8.18. The Morgan fingerprint density at radius 2 is 1.76 bits per heavy atom. The van der Waals surface area contributed by atoms with Crippen molar-refractivity contribution >= 4 is 55.2 Å². The van der Waals surface area contributed by atoms with Crippen molar-refractivity contribution in [2.45, 2.75) is 18.8 Å². The van der Waals surface area contributed by atoms with E-state index in [4.69, 9.17) is 11.6 Å². The third-order valence-electron chi connectivity index (χ3n) is 2.90. The second kappa shape index (κ2) is 8.08. The lowest BCUT2D eigenvalue weighted by molar-refractivity contribution is 0.539. The molecule has 0 aliphatic carbocycles. The molecule has 0 atom stereocenters. The molecule has 0 nitrogen and oxygen atoms in total. The Hall–Kier alpha value is 0.820. The van der Waals surface area contributed by atoms with Crippen LogP contribution in [0, 0.1) is 0 Å². The molecule has 96 valence electrons. The van der Waals surface area contributed by atoms with E-state index in [-0.39, 0.29) is 5.41 Å². The molecule has 0 aliphatic rings. The zero-order valence-corrected chi connectivity index (χ0v) is 14.6. The van der Waals surface area contributed by atoms with Crippen molar-refractivity contribution in [1.82, 2.24) is 0 Å². The van der Waals surface area contributed by atoms with Gasteiger partial charge in [0.2, 0.25) is 0 Å². The first-order valence-electron chi connectivity index (χ1n) is 5.64. The zero-order valence-electron chi connectivity index (χ0n) is 9.89. The summed E-state index contributed by atoms with van der Waals surface area (Å²) in [4.78, 5) is 0. The molecule has 0 heterocycles. The summed E-state index contributed by atoms with van der Waals surface area (Å²) in [5.74, 6) is 2.37. The number of thioether (sulfide) groups is 1. The predicted octanol–water partition coefficient (Wildman–Crippen LogP) is 5.51. The highest BCUT2D eigenvalue weighted by molar-refractivity contribution is 9.09. The van der Waals surface area contributed by atoms with Crippen LogP contribution in [-0.4, -0.2) is 22.2 Å². The quantitative estimate of drug-likeness (QED) is 0.429. The van der Waals surface area contributed by atoms with Crippen molar-refractivity contribution in [3.8, 4) is 0 Å². The van der Waals surface area contributed by atoms with Crippen LogP contribution in [0.5, 0.6) is 0 Å². The average Bonchev–Trinajstić information content (AvgIpc) is 2.37. The number of benzene rings is 1. The van der Waals surface area contributed by atoms with Crippen LogP contribution in [0.1, 0.15) is 18.9 Å². The summed E-state index contributed by atoms with van der Waals surface area (Å²) in [5.41, 5.74) is 1.53. The molecule has 0 amide bonds. The molecule has 0 aromatic heterocycles. The maximum Gasteiger partial charge on any atom is 0.0406 e. The van der Waals surface area contributed by atoms with Crippen LogP contribution >= 0.6 is 55.2 Å². The van der Waals surface area contributed by atoms with Gasteiger partial charge in [-0.3, -0.25) is 0 Å². The summed E-state index contributed by atoms with van der Waals surface area (Å²) in [6.45, 7) is 2.21. The minimum absolute atomic E-state index is 0.173. The first-order valence-corrected chi connectivity index (χ1v) is 9.42. The van der Waals surface area contributed by atoms with Crippen LogP contribution in [0.15, 0.2) is 24.3 Å². The van der Waals surface area contributed by atoms with Crippen LogP contribution < -0.4 is 0 Å². The number of alkyl halides is 2. The Bertz CT molecular complexity index is 323. The van der Waals surface area contributed by atoms with Gasteiger partial charge in [0, 0.05) is 21.1 Å². The molecule has 0 spiro atoms. The van der Waals surface area contributed by atoms with E-state index in [1.807, 2.05) is 23.9 Å². The van der Waals surface area contributed by atoms with Gasteiger partial charge in [-0.2, -0.15) is 11.8 Å². The summed E-state index contributed by atoms with van der Waals surface area (Å²) < 4.78 is 0. The predicted molar refractivity (Wildman–Crippen MR) is 88.3 cm³/mol. The molecular weight excluding hydrogens is 383 g/mol. The van der Waals surface area contributed by atoms with Crippen molar-refractivity contribution in [2.24, 2.45) is 0 Å².